The van der Waals surface area contributed by atoms with Gasteiger partial charge in [0.05, 0.1) is 16.0 Å². The molecule has 2 aromatic carbocycles. The number of hydrogen-bond acceptors (Lipinski definition) is 2. The highest BCUT2D eigenvalue weighted by Crippen LogP contribution is 2.37. The average molecular weight is 330 g/mol. The van der Waals surface area contributed by atoms with Crippen LogP contribution in [0.1, 0.15) is 6.92 Å². The van der Waals surface area contributed by atoms with Gasteiger partial charge in [0.1, 0.15) is 0 Å². The number of benzene rings is 2. The molecular weight excluding hydrogens is 312 g/mol. The Bertz CT molecular complexity index is 1010. The number of hydrogen-bond donors (Lipinski definition) is 0. The number of nitrogens with zero attached hydrogens (tertiary/aromatic N) is 2. The van der Waals surface area contributed by atoms with Gasteiger partial charge < -0.3 is 4.57 Å². The third kappa shape index (κ3) is 3.02. The number of fused-ring (bicyclic) bond motifs is 1. The maximum Gasteiger partial charge on any atom is 0.277 e. The van der Waals surface area contributed by atoms with E-state index in [-0.39, 0.29) is 10.6 Å². The smallest absolute Gasteiger partial charge is 0.277 e. The Morgan fingerprint density at radius 3 is 2.56 bits per heavy atom. The third-order valence-electron chi connectivity index (χ3n) is 4.01. The van der Waals surface area contributed by atoms with E-state index in [9.17, 15) is 10.1 Å². The minimum absolute atomic E-state index is 0.102. The summed E-state index contributed by atoms with van der Waals surface area (Å²) in [6.45, 7) is 5.73. The summed E-state index contributed by atoms with van der Waals surface area (Å²) < 4.78 is 2.03. The second-order valence-corrected chi connectivity index (χ2v) is 5.53. The molecule has 0 aliphatic rings. The van der Waals surface area contributed by atoms with Gasteiger partial charge in [-0.05, 0) is 31.2 Å². The molecule has 0 spiro atoms. The van der Waals surface area contributed by atoms with Crippen LogP contribution in [0.25, 0.3) is 27.7 Å². The molecule has 124 valence electrons. The van der Waals surface area contributed by atoms with Crippen LogP contribution in [0.3, 0.4) is 0 Å². The van der Waals surface area contributed by atoms with Crippen molar-refractivity contribution in [1.82, 2.24) is 4.57 Å². The molecular formula is C21H18N2O2. The molecule has 0 aliphatic carbocycles. The van der Waals surface area contributed by atoms with Gasteiger partial charge in [-0.2, -0.15) is 0 Å². The molecule has 0 aliphatic heterocycles. The third-order valence-corrected chi connectivity index (χ3v) is 4.01. The van der Waals surface area contributed by atoms with Gasteiger partial charge in [0.25, 0.3) is 5.69 Å². The van der Waals surface area contributed by atoms with Crippen molar-refractivity contribution in [3.05, 3.63) is 95.7 Å². The van der Waals surface area contributed by atoms with Crippen LogP contribution in [0.5, 0.6) is 0 Å². The number of allylic oxidation sites excluding steroid dienone is 5. The first-order valence-corrected chi connectivity index (χ1v) is 7.97. The fraction of sp³-hybridized carbons (Fsp3) is 0.0476. The summed E-state index contributed by atoms with van der Waals surface area (Å²) in [7, 11) is 0. The van der Waals surface area contributed by atoms with Crippen molar-refractivity contribution in [2.75, 3.05) is 0 Å². The molecule has 0 unspecified atom stereocenters. The van der Waals surface area contributed by atoms with Gasteiger partial charge in [0.15, 0.2) is 0 Å². The van der Waals surface area contributed by atoms with Gasteiger partial charge in [-0.15, -0.1) is 0 Å². The molecule has 4 nitrogen and oxygen atoms in total. The zero-order valence-electron chi connectivity index (χ0n) is 13.9. The summed E-state index contributed by atoms with van der Waals surface area (Å²) in [6, 6.07) is 14.7. The Morgan fingerprint density at radius 2 is 1.84 bits per heavy atom. The van der Waals surface area contributed by atoms with E-state index in [1.165, 1.54) is 6.07 Å². The van der Waals surface area contributed by atoms with Crippen molar-refractivity contribution >= 4 is 22.3 Å². The number of nitro groups is 1. The fourth-order valence-electron chi connectivity index (χ4n) is 2.98. The van der Waals surface area contributed by atoms with Crippen LogP contribution in [0, 0.1) is 10.1 Å². The normalized spacial score (nSPS) is 12.0. The largest absolute Gasteiger partial charge is 0.316 e. The molecule has 0 amide bonds. The van der Waals surface area contributed by atoms with Crippen LogP contribution < -0.4 is 0 Å². The first-order valence-electron chi connectivity index (χ1n) is 7.97. The Hall–Kier alpha value is -3.40. The zero-order chi connectivity index (χ0) is 17.8. The van der Waals surface area contributed by atoms with Crippen molar-refractivity contribution in [2.24, 2.45) is 0 Å². The predicted molar refractivity (Wildman–Crippen MR) is 103 cm³/mol. The zero-order valence-corrected chi connectivity index (χ0v) is 13.9. The minimum Gasteiger partial charge on any atom is -0.316 e. The van der Waals surface area contributed by atoms with E-state index in [2.05, 4.69) is 6.58 Å². The lowest BCUT2D eigenvalue weighted by Gasteiger charge is -2.05. The maximum absolute atomic E-state index is 11.4. The minimum atomic E-state index is -0.339. The fourth-order valence-corrected chi connectivity index (χ4v) is 2.98. The van der Waals surface area contributed by atoms with Gasteiger partial charge in [-0.3, -0.25) is 10.1 Å². The van der Waals surface area contributed by atoms with Crippen molar-refractivity contribution in [3.8, 4) is 11.1 Å². The van der Waals surface area contributed by atoms with E-state index >= 15 is 0 Å². The first-order chi connectivity index (χ1) is 12.2. The lowest BCUT2D eigenvalue weighted by Crippen LogP contribution is -1.92. The summed E-state index contributed by atoms with van der Waals surface area (Å²) in [5.41, 5.74) is 3.48. The summed E-state index contributed by atoms with van der Waals surface area (Å²) in [4.78, 5) is 11.1. The summed E-state index contributed by atoms with van der Waals surface area (Å²) in [5.74, 6) is 0. The van der Waals surface area contributed by atoms with Crippen LogP contribution in [0.2, 0.25) is 0 Å². The first kappa shape index (κ1) is 16.5. The molecule has 1 aromatic heterocycles. The van der Waals surface area contributed by atoms with Crippen molar-refractivity contribution < 1.29 is 4.92 Å². The molecule has 0 saturated carbocycles. The van der Waals surface area contributed by atoms with E-state index < -0.39 is 0 Å². The van der Waals surface area contributed by atoms with Crippen molar-refractivity contribution in [3.63, 3.8) is 0 Å². The van der Waals surface area contributed by atoms with Crippen LogP contribution in [0.15, 0.2) is 85.6 Å². The molecule has 3 rings (SSSR count). The molecule has 0 saturated heterocycles. The van der Waals surface area contributed by atoms with Crippen molar-refractivity contribution in [2.45, 2.75) is 6.92 Å². The molecule has 0 bridgehead atoms. The Morgan fingerprint density at radius 1 is 1.12 bits per heavy atom. The monoisotopic (exact) mass is 330 g/mol. The number of rotatable bonds is 5. The number of aromatic nitrogens is 1. The van der Waals surface area contributed by atoms with E-state index in [0.717, 1.165) is 22.2 Å². The highest BCUT2D eigenvalue weighted by Gasteiger charge is 2.19. The standard InChI is InChI=1S/C21H18N2O2/c1-3-9-16(10-4-2)22-15-19(17-11-5-7-13-20(17)22)18-12-6-8-14-21(18)23(24)25/h3-15H,1H2,2H3/b10-4-,16-9+. The highest BCUT2D eigenvalue weighted by atomic mass is 16.6. The second-order valence-electron chi connectivity index (χ2n) is 5.53. The Balaban J connectivity index is 2.34. The van der Waals surface area contributed by atoms with E-state index in [4.69, 9.17) is 0 Å². The van der Waals surface area contributed by atoms with Gasteiger partial charge in [-0.25, -0.2) is 0 Å². The molecule has 4 heteroatoms. The van der Waals surface area contributed by atoms with E-state index in [0.29, 0.717) is 5.56 Å². The number of nitro benzene ring substituents is 1. The van der Waals surface area contributed by atoms with Gasteiger partial charge >= 0.3 is 0 Å². The summed E-state index contributed by atoms with van der Waals surface area (Å²) in [6.07, 6.45) is 9.53. The summed E-state index contributed by atoms with van der Waals surface area (Å²) in [5, 5.41) is 12.4. The topological polar surface area (TPSA) is 48.1 Å². The highest BCUT2D eigenvalue weighted by molar-refractivity contribution is 6.00. The molecule has 0 N–H and O–H groups in total. The van der Waals surface area contributed by atoms with Crippen LogP contribution in [0.4, 0.5) is 5.69 Å². The predicted octanol–water partition coefficient (Wildman–Crippen LogP) is 5.82. The molecule has 25 heavy (non-hydrogen) atoms. The van der Waals surface area contributed by atoms with Crippen molar-refractivity contribution in [1.29, 1.82) is 0 Å². The number of para-hydroxylation sites is 2. The molecule has 0 radical (unpaired) electrons. The SMILES string of the molecule is C=C/C=C(\C=C/C)n1cc(-c2ccccc2[N+](=O)[O-])c2ccccc21. The van der Waals surface area contributed by atoms with Crippen LogP contribution in [-0.4, -0.2) is 9.49 Å². The lowest BCUT2D eigenvalue weighted by atomic mass is 10.0. The van der Waals surface area contributed by atoms with Crippen LogP contribution in [-0.2, 0) is 0 Å². The van der Waals surface area contributed by atoms with Crippen LogP contribution >= 0.6 is 0 Å². The maximum atomic E-state index is 11.4. The lowest BCUT2D eigenvalue weighted by molar-refractivity contribution is -0.384. The second kappa shape index (κ2) is 7.01. The molecule has 3 aromatic rings. The van der Waals surface area contributed by atoms with E-state index in [1.54, 1.807) is 18.2 Å². The molecule has 0 fully saturated rings. The van der Waals surface area contributed by atoms with Gasteiger partial charge in [0, 0.05) is 28.9 Å². The van der Waals surface area contributed by atoms with Gasteiger partial charge in [0.2, 0.25) is 0 Å². The molecule has 1 heterocycles. The van der Waals surface area contributed by atoms with Gasteiger partial charge in [-0.1, -0.05) is 49.1 Å². The van der Waals surface area contributed by atoms with E-state index in [1.807, 2.05) is 66.2 Å². The Labute approximate surface area is 146 Å². The summed E-state index contributed by atoms with van der Waals surface area (Å²) >= 11 is 0. The average Bonchev–Trinajstić information content (AvgIpc) is 3.01. The Kier molecular flexibility index (Phi) is 4.61. The molecule has 0 atom stereocenters. The quantitative estimate of drug-likeness (QED) is 0.336.